The van der Waals surface area contributed by atoms with Crippen molar-refractivity contribution in [1.82, 2.24) is 0 Å². The van der Waals surface area contributed by atoms with Gasteiger partial charge in [0.05, 0.1) is 20.1 Å². The second kappa shape index (κ2) is 7.43. The van der Waals surface area contributed by atoms with E-state index < -0.39 is 11.7 Å². The molecule has 0 saturated carbocycles. The van der Waals surface area contributed by atoms with Gasteiger partial charge in [-0.25, -0.2) is 4.39 Å². The highest BCUT2D eigenvalue weighted by Gasteiger charge is 2.35. The fraction of sp³-hybridized carbons (Fsp3) is 0.263. The third-order valence-electron chi connectivity index (χ3n) is 4.27. The number of methoxy groups -OCH3 is 2. The standard InChI is InChI=1S/C19H19FN2O4/c1-25-16-7-6-15(10-17(16)26-2)22-11-12(8-18(22)23)19(24)21-14-5-3-4-13(20)9-14/h3-7,9-10,12H,8,11H2,1-2H3,(H,21,24). The van der Waals surface area contributed by atoms with Crippen molar-refractivity contribution >= 4 is 23.2 Å². The summed E-state index contributed by atoms with van der Waals surface area (Å²) in [5, 5.41) is 2.66. The normalized spacial score (nSPS) is 16.5. The van der Waals surface area contributed by atoms with Crippen LogP contribution in [0.3, 0.4) is 0 Å². The lowest BCUT2D eigenvalue weighted by atomic mass is 10.1. The van der Waals surface area contributed by atoms with Gasteiger partial charge in [-0.05, 0) is 30.3 Å². The number of rotatable bonds is 5. The van der Waals surface area contributed by atoms with Gasteiger partial charge in [0.1, 0.15) is 5.82 Å². The van der Waals surface area contributed by atoms with Gasteiger partial charge in [0.2, 0.25) is 11.8 Å². The summed E-state index contributed by atoms with van der Waals surface area (Å²) in [6, 6.07) is 10.8. The highest BCUT2D eigenvalue weighted by molar-refractivity contribution is 6.03. The molecule has 0 spiro atoms. The lowest BCUT2D eigenvalue weighted by Gasteiger charge is -2.18. The number of ether oxygens (including phenoxy) is 2. The van der Waals surface area contributed by atoms with E-state index in [1.165, 1.54) is 37.3 Å². The zero-order valence-electron chi connectivity index (χ0n) is 14.5. The Morgan fingerprint density at radius 2 is 1.92 bits per heavy atom. The van der Waals surface area contributed by atoms with Gasteiger partial charge in [0.25, 0.3) is 0 Å². The summed E-state index contributed by atoms with van der Waals surface area (Å²) in [6.45, 7) is 0.246. The molecule has 1 atom stereocenters. The molecule has 2 aromatic rings. The molecular weight excluding hydrogens is 339 g/mol. The molecule has 1 saturated heterocycles. The fourth-order valence-corrected chi connectivity index (χ4v) is 2.94. The Bertz CT molecular complexity index is 840. The predicted molar refractivity (Wildman–Crippen MR) is 95.0 cm³/mol. The van der Waals surface area contributed by atoms with Crippen LogP contribution in [0.2, 0.25) is 0 Å². The monoisotopic (exact) mass is 358 g/mol. The third kappa shape index (κ3) is 3.61. The molecule has 1 fully saturated rings. The van der Waals surface area contributed by atoms with Gasteiger partial charge in [-0.3, -0.25) is 9.59 Å². The van der Waals surface area contributed by atoms with Gasteiger partial charge in [-0.15, -0.1) is 0 Å². The van der Waals surface area contributed by atoms with Gasteiger partial charge in [0.15, 0.2) is 11.5 Å². The topological polar surface area (TPSA) is 67.9 Å². The van der Waals surface area contributed by atoms with Crippen molar-refractivity contribution in [3.63, 3.8) is 0 Å². The van der Waals surface area contributed by atoms with E-state index in [-0.39, 0.29) is 24.8 Å². The van der Waals surface area contributed by atoms with Crippen LogP contribution in [-0.2, 0) is 9.59 Å². The SMILES string of the molecule is COc1ccc(N2CC(C(=O)Nc3cccc(F)c3)CC2=O)cc1OC. The molecular formula is C19H19FN2O4. The Morgan fingerprint density at radius 1 is 1.15 bits per heavy atom. The van der Waals surface area contributed by atoms with E-state index in [0.717, 1.165) is 0 Å². The number of carbonyl (C=O) groups excluding carboxylic acids is 2. The highest BCUT2D eigenvalue weighted by Crippen LogP contribution is 2.34. The number of nitrogens with one attached hydrogen (secondary N) is 1. The van der Waals surface area contributed by atoms with E-state index in [1.54, 1.807) is 24.3 Å². The summed E-state index contributed by atoms with van der Waals surface area (Å²) < 4.78 is 23.7. The highest BCUT2D eigenvalue weighted by atomic mass is 19.1. The first-order valence-electron chi connectivity index (χ1n) is 8.10. The van der Waals surface area contributed by atoms with Crippen LogP contribution >= 0.6 is 0 Å². The molecule has 3 rings (SSSR count). The lowest BCUT2D eigenvalue weighted by Crippen LogP contribution is -2.28. The Kier molecular flexibility index (Phi) is 5.06. The van der Waals surface area contributed by atoms with Crippen LogP contribution in [0.25, 0.3) is 0 Å². The molecule has 6 nitrogen and oxygen atoms in total. The molecule has 0 aromatic heterocycles. The molecule has 1 aliphatic heterocycles. The molecule has 0 radical (unpaired) electrons. The van der Waals surface area contributed by atoms with Gasteiger partial charge >= 0.3 is 0 Å². The first-order valence-corrected chi connectivity index (χ1v) is 8.10. The van der Waals surface area contributed by atoms with Crippen LogP contribution in [0, 0.1) is 11.7 Å². The van der Waals surface area contributed by atoms with E-state index in [0.29, 0.717) is 22.9 Å². The summed E-state index contributed by atoms with van der Waals surface area (Å²) in [6.07, 6.45) is 0.0928. The number of benzene rings is 2. The van der Waals surface area contributed by atoms with Crippen LogP contribution in [0.4, 0.5) is 15.8 Å². The average molecular weight is 358 g/mol. The van der Waals surface area contributed by atoms with Crippen molar-refractivity contribution in [3.8, 4) is 11.5 Å². The van der Waals surface area contributed by atoms with Crippen molar-refractivity contribution in [3.05, 3.63) is 48.3 Å². The molecule has 7 heteroatoms. The van der Waals surface area contributed by atoms with Crippen molar-refractivity contribution in [1.29, 1.82) is 0 Å². The van der Waals surface area contributed by atoms with Crippen molar-refractivity contribution in [2.45, 2.75) is 6.42 Å². The minimum Gasteiger partial charge on any atom is -0.493 e. The predicted octanol–water partition coefficient (Wildman–Crippen LogP) is 2.83. The molecule has 26 heavy (non-hydrogen) atoms. The summed E-state index contributed by atoms with van der Waals surface area (Å²) >= 11 is 0. The van der Waals surface area contributed by atoms with Crippen LogP contribution in [0.5, 0.6) is 11.5 Å². The number of nitrogens with zero attached hydrogens (tertiary/aromatic N) is 1. The molecule has 2 aromatic carbocycles. The van der Waals surface area contributed by atoms with E-state index in [9.17, 15) is 14.0 Å². The average Bonchev–Trinajstić information content (AvgIpc) is 3.03. The Labute approximate surface area is 150 Å². The second-order valence-corrected chi connectivity index (χ2v) is 5.94. The molecule has 1 N–H and O–H groups in total. The van der Waals surface area contributed by atoms with Gasteiger partial charge in [0, 0.05) is 30.4 Å². The summed E-state index contributed by atoms with van der Waals surface area (Å²) in [4.78, 5) is 26.3. The fourth-order valence-electron chi connectivity index (χ4n) is 2.94. The van der Waals surface area contributed by atoms with Gasteiger partial charge in [-0.1, -0.05) is 6.07 Å². The Hall–Kier alpha value is -3.09. The van der Waals surface area contributed by atoms with E-state index in [4.69, 9.17) is 9.47 Å². The molecule has 1 heterocycles. The number of anilines is 2. The molecule has 0 bridgehead atoms. The van der Waals surface area contributed by atoms with E-state index in [2.05, 4.69) is 5.32 Å². The Balaban J connectivity index is 1.73. The second-order valence-electron chi connectivity index (χ2n) is 5.94. The minimum atomic E-state index is -0.515. The first-order chi connectivity index (χ1) is 12.5. The summed E-state index contributed by atoms with van der Waals surface area (Å²) in [5.41, 5.74) is 1.00. The number of hydrogen-bond donors (Lipinski definition) is 1. The maximum Gasteiger partial charge on any atom is 0.229 e. The quantitative estimate of drug-likeness (QED) is 0.892. The van der Waals surface area contributed by atoms with E-state index in [1.807, 2.05) is 0 Å². The molecule has 2 amide bonds. The van der Waals surface area contributed by atoms with Crippen molar-refractivity contribution in [2.75, 3.05) is 31.0 Å². The van der Waals surface area contributed by atoms with Gasteiger partial charge in [-0.2, -0.15) is 0 Å². The molecule has 1 aliphatic rings. The molecule has 0 aliphatic carbocycles. The molecule has 136 valence electrons. The maximum absolute atomic E-state index is 13.2. The number of hydrogen-bond acceptors (Lipinski definition) is 4. The van der Waals surface area contributed by atoms with Crippen molar-refractivity contribution in [2.24, 2.45) is 5.92 Å². The number of halogens is 1. The van der Waals surface area contributed by atoms with E-state index >= 15 is 0 Å². The van der Waals surface area contributed by atoms with Crippen LogP contribution in [-0.4, -0.2) is 32.6 Å². The van der Waals surface area contributed by atoms with Gasteiger partial charge < -0.3 is 19.7 Å². The summed E-state index contributed by atoms with van der Waals surface area (Å²) in [5.74, 6) is -0.353. The van der Waals surface area contributed by atoms with Crippen LogP contribution in [0.1, 0.15) is 6.42 Å². The smallest absolute Gasteiger partial charge is 0.229 e. The zero-order chi connectivity index (χ0) is 18.7. The largest absolute Gasteiger partial charge is 0.493 e. The number of carbonyl (C=O) groups is 2. The minimum absolute atomic E-state index is 0.0928. The maximum atomic E-state index is 13.2. The first kappa shape index (κ1) is 17.7. The number of amides is 2. The Morgan fingerprint density at radius 3 is 2.62 bits per heavy atom. The van der Waals surface area contributed by atoms with Crippen LogP contribution < -0.4 is 19.7 Å². The zero-order valence-corrected chi connectivity index (χ0v) is 14.5. The molecule has 1 unspecified atom stereocenters. The van der Waals surface area contributed by atoms with Crippen LogP contribution in [0.15, 0.2) is 42.5 Å². The van der Waals surface area contributed by atoms with Crippen molar-refractivity contribution < 1.29 is 23.5 Å². The summed E-state index contributed by atoms with van der Waals surface area (Å²) in [7, 11) is 3.05. The third-order valence-corrected chi connectivity index (χ3v) is 4.27. The lowest BCUT2D eigenvalue weighted by molar-refractivity contribution is -0.122.